The molecular formula is C13H15ClN4S. The third-order valence-corrected chi connectivity index (χ3v) is 4.04. The molecule has 1 aromatic heterocycles. The molecule has 19 heavy (non-hydrogen) atoms. The first-order chi connectivity index (χ1) is 9.10. The van der Waals surface area contributed by atoms with E-state index in [9.17, 15) is 0 Å². The van der Waals surface area contributed by atoms with Gasteiger partial charge in [0, 0.05) is 16.3 Å². The number of thioether (sulfide) groups is 1. The van der Waals surface area contributed by atoms with Gasteiger partial charge in [-0.3, -0.25) is 0 Å². The molecule has 1 heterocycles. The van der Waals surface area contributed by atoms with Crippen LogP contribution in [0.2, 0.25) is 5.02 Å². The van der Waals surface area contributed by atoms with E-state index in [-0.39, 0.29) is 0 Å². The van der Waals surface area contributed by atoms with Gasteiger partial charge in [-0.15, -0.1) is 11.8 Å². The zero-order valence-electron chi connectivity index (χ0n) is 10.8. The van der Waals surface area contributed by atoms with Crippen molar-refractivity contribution in [3.05, 3.63) is 46.2 Å². The van der Waals surface area contributed by atoms with Crippen LogP contribution in [0.25, 0.3) is 0 Å². The van der Waals surface area contributed by atoms with E-state index in [4.69, 9.17) is 17.4 Å². The van der Waals surface area contributed by atoms with Crippen LogP contribution in [0.5, 0.6) is 0 Å². The van der Waals surface area contributed by atoms with Gasteiger partial charge in [-0.25, -0.2) is 15.8 Å². The van der Waals surface area contributed by atoms with Crippen LogP contribution in [0.1, 0.15) is 17.0 Å². The van der Waals surface area contributed by atoms with Crippen molar-refractivity contribution >= 4 is 29.2 Å². The van der Waals surface area contributed by atoms with Crippen LogP contribution in [0.15, 0.2) is 29.3 Å². The first-order valence-corrected chi connectivity index (χ1v) is 7.15. The number of nitrogen functional groups attached to an aromatic ring is 1. The Kier molecular flexibility index (Phi) is 4.63. The molecule has 4 nitrogen and oxygen atoms in total. The van der Waals surface area contributed by atoms with Crippen LogP contribution in [0, 0.1) is 13.8 Å². The Balaban J connectivity index is 2.15. The van der Waals surface area contributed by atoms with E-state index in [1.807, 2.05) is 38.1 Å². The number of nitrogens with two attached hydrogens (primary N) is 1. The number of anilines is 1. The standard InChI is InChI=1S/C13H15ClN4S/c1-8-12(18-15)16-9(2)17-13(8)19-7-10-3-5-11(14)6-4-10/h3-6H,7,15H2,1-2H3,(H,16,17,18). The summed E-state index contributed by atoms with van der Waals surface area (Å²) >= 11 is 7.52. The van der Waals surface area contributed by atoms with E-state index < -0.39 is 0 Å². The highest BCUT2D eigenvalue weighted by atomic mass is 35.5. The largest absolute Gasteiger partial charge is 0.308 e. The number of hydrazine groups is 1. The molecule has 0 radical (unpaired) electrons. The lowest BCUT2D eigenvalue weighted by Gasteiger charge is -2.10. The van der Waals surface area contributed by atoms with Crippen LogP contribution >= 0.6 is 23.4 Å². The van der Waals surface area contributed by atoms with Crippen molar-refractivity contribution in [2.24, 2.45) is 5.84 Å². The van der Waals surface area contributed by atoms with Gasteiger partial charge in [0.2, 0.25) is 0 Å². The lowest BCUT2D eigenvalue weighted by atomic mass is 10.2. The second-order valence-electron chi connectivity index (χ2n) is 4.11. The van der Waals surface area contributed by atoms with E-state index in [2.05, 4.69) is 15.4 Å². The van der Waals surface area contributed by atoms with Gasteiger partial charge in [0.1, 0.15) is 16.7 Å². The van der Waals surface area contributed by atoms with E-state index in [0.29, 0.717) is 11.6 Å². The van der Waals surface area contributed by atoms with Crippen molar-refractivity contribution in [1.29, 1.82) is 0 Å². The minimum absolute atomic E-state index is 0.672. The second-order valence-corrected chi connectivity index (χ2v) is 5.51. The molecule has 0 aliphatic carbocycles. The molecule has 0 fully saturated rings. The highest BCUT2D eigenvalue weighted by Gasteiger charge is 2.09. The van der Waals surface area contributed by atoms with Gasteiger partial charge in [-0.05, 0) is 31.5 Å². The minimum Gasteiger partial charge on any atom is -0.308 e. The van der Waals surface area contributed by atoms with Crippen molar-refractivity contribution in [1.82, 2.24) is 9.97 Å². The molecule has 6 heteroatoms. The van der Waals surface area contributed by atoms with Crippen LogP contribution in [-0.2, 0) is 5.75 Å². The molecule has 0 aliphatic heterocycles. The SMILES string of the molecule is Cc1nc(NN)c(C)c(SCc2ccc(Cl)cc2)n1. The number of aromatic nitrogens is 2. The Bertz CT molecular complexity index is 572. The number of hydrogen-bond donors (Lipinski definition) is 2. The highest BCUT2D eigenvalue weighted by Crippen LogP contribution is 2.27. The van der Waals surface area contributed by atoms with Gasteiger partial charge in [0.05, 0.1) is 0 Å². The summed E-state index contributed by atoms with van der Waals surface area (Å²) in [5, 5.41) is 1.69. The van der Waals surface area contributed by atoms with Crippen molar-refractivity contribution < 1.29 is 0 Å². The highest BCUT2D eigenvalue weighted by molar-refractivity contribution is 7.98. The maximum absolute atomic E-state index is 5.86. The molecule has 0 saturated heterocycles. The fraction of sp³-hybridized carbons (Fsp3) is 0.231. The van der Waals surface area contributed by atoms with Crippen LogP contribution in [0.4, 0.5) is 5.82 Å². The topological polar surface area (TPSA) is 63.8 Å². The lowest BCUT2D eigenvalue weighted by Crippen LogP contribution is -2.12. The predicted molar refractivity (Wildman–Crippen MR) is 80.3 cm³/mol. The number of nitrogens with one attached hydrogen (secondary N) is 1. The molecule has 1 aromatic carbocycles. The summed E-state index contributed by atoms with van der Waals surface area (Å²) < 4.78 is 0. The molecule has 0 saturated carbocycles. The number of nitrogens with zero attached hydrogens (tertiary/aromatic N) is 2. The Morgan fingerprint density at radius 1 is 1.21 bits per heavy atom. The summed E-state index contributed by atoms with van der Waals surface area (Å²) in [4.78, 5) is 8.68. The molecule has 0 aliphatic rings. The van der Waals surface area contributed by atoms with Gasteiger partial charge < -0.3 is 5.43 Å². The van der Waals surface area contributed by atoms with Gasteiger partial charge in [-0.1, -0.05) is 23.7 Å². The molecule has 0 unspecified atom stereocenters. The average Bonchev–Trinajstić information content (AvgIpc) is 2.41. The maximum Gasteiger partial charge on any atom is 0.147 e. The molecule has 2 rings (SSSR count). The summed E-state index contributed by atoms with van der Waals surface area (Å²) in [6.45, 7) is 3.81. The first-order valence-electron chi connectivity index (χ1n) is 5.79. The third-order valence-electron chi connectivity index (χ3n) is 2.64. The number of hydrogen-bond acceptors (Lipinski definition) is 5. The van der Waals surface area contributed by atoms with E-state index in [0.717, 1.165) is 21.4 Å². The van der Waals surface area contributed by atoms with Crippen LogP contribution in [-0.4, -0.2) is 9.97 Å². The van der Waals surface area contributed by atoms with Crippen LogP contribution < -0.4 is 11.3 Å². The summed E-state index contributed by atoms with van der Waals surface area (Å²) in [5.41, 5.74) is 4.77. The van der Waals surface area contributed by atoms with Gasteiger partial charge in [0.25, 0.3) is 0 Å². The molecule has 0 atom stereocenters. The zero-order valence-corrected chi connectivity index (χ0v) is 12.3. The summed E-state index contributed by atoms with van der Waals surface area (Å²) in [7, 11) is 0. The van der Waals surface area contributed by atoms with E-state index in [1.165, 1.54) is 5.56 Å². The third kappa shape index (κ3) is 3.59. The fourth-order valence-electron chi connectivity index (χ4n) is 1.62. The Hall–Kier alpha value is -1.30. The van der Waals surface area contributed by atoms with Crippen molar-refractivity contribution in [2.75, 3.05) is 5.43 Å². The molecule has 100 valence electrons. The smallest absolute Gasteiger partial charge is 0.147 e. The molecule has 0 bridgehead atoms. The lowest BCUT2D eigenvalue weighted by molar-refractivity contribution is 0.935. The Morgan fingerprint density at radius 2 is 1.89 bits per heavy atom. The monoisotopic (exact) mass is 294 g/mol. The maximum atomic E-state index is 5.86. The molecular weight excluding hydrogens is 280 g/mol. The fourth-order valence-corrected chi connectivity index (χ4v) is 2.75. The van der Waals surface area contributed by atoms with Gasteiger partial charge in [0.15, 0.2) is 0 Å². The average molecular weight is 295 g/mol. The predicted octanol–water partition coefficient (Wildman–Crippen LogP) is 3.32. The second kappa shape index (κ2) is 6.23. The van der Waals surface area contributed by atoms with E-state index >= 15 is 0 Å². The zero-order chi connectivity index (χ0) is 13.8. The van der Waals surface area contributed by atoms with Crippen molar-refractivity contribution in [3.63, 3.8) is 0 Å². The quantitative estimate of drug-likeness (QED) is 0.392. The van der Waals surface area contributed by atoms with Crippen molar-refractivity contribution in [2.45, 2.75) is 24.6 Å². The molecule has 0 spiro atoms. The number of halogens is 1. The molecule has 3 N–H and O–H groups in total. The summed E-state index contributed by atoms with van der Waals surface area (Å²) in [6.07, 6.45) is 0. The van der Waals surface area contributed by atoms with Gasteiger partial charge >= 0.3 is 0 Å². The summed E-state index contributed by atoms with van der Waals surface area (Å²) in [5.74, 6) is 7.66. The number of benzene rings is 1. The Labute approximate surface area is 121 Å². The molecule has 2 aromatic rings. The summed E-state index contributed by atoms with van der Waals surface area (Å²) in [6, 6.07) is 7.81. The minimum atomic E-state index is 0.672. The Morgan fingerprint density at radius 3 is 2.53 bits per heavy atom. The number of aryl methyl sites for hydroxylation is 1. The molecule has 0 amide bonds. The normalized spacial score (nSPS) is 10.5. The van der Waals surface area contributed by atoms with Crippen LogP contribution in [0.3, 0.4) is 0 Å². The van der Waals surface area contributed by atoms with Gasteiger partial charge in [-0.2, -0.15) is 0 Å². The number of rotatable bonds is 4. The first kappa shape index (κ1) is 14.1. The van der Waals surface area contributed by atoms with Crippen molar-refractivity contribution in [3.8, 4) is 0 Å². The van der Waals surface area contributed by atoms with E-state index in [1.54, 1.807) is 11.8 Å².